The van der Waals surface area contributed by atoms with E-state index in [1.807, 2.05) is 25.1 Å². The van der Waals surface area contributed by atoms with E-state index in [0.29, 0.717) is 12.1 Å². The second kappa shape index (κ2) is 7.19. The molecule has 1 saturated heterocycles. The van der Waals surface area contributed by atoms with Gasteiger partial charge in [0.05, 0.1) is 11.7 Å². The number of aromatic nitrogens is 2. The van der Waals surface area contributed by atoms with Gasteiger partial charge in [0.25, 0.3) is 11.8 Å². The minimum Gasteiger partial charge on any atom is -0.438 e. The molecule has 27 heavy (non-hydrogen) atoms. The summed E-state index contributed by atoms with van der Waals surface area (Å²) in [5, 5.41) is 4.03. The van der Waals surface area contributed by atoms with Crippen LogP contribution in [0.15, 0.2) is 53.5 Å². The van der Waals surface area contributed by atoms with Crippen molar-refractivity contribution in [3.8, 4) is 0 Å². The Bertz CT molecular complexity index is 970. The molecule has 4 rings (SSSR count). The van der Waals surface area contributed by atoms with Crippen LogP contribution in [0.4, 0.5) is 0 Å². The lowest BCUT2D eigenvalue weighted by atomic mass is 9.98. The molecule has 0 spiro atoms. The molecule has 1 aliphatic heterocycles. The van der Waals surface area contributed by atoms with Gasteiger partial charge in [0.2, 0.25) is 5.76 Å². The predicted molar refractivity (Wildman–Crippen MR) is 99.2 cm³/mol. The molecule has 0 saturated carbocycles. The number of oxazole rings is 1. The van der Waals surface area contributed by atoms with Crippen LogP contribution in [0.3, 0.4) is 0 Å². The third-order valence-electron chi connectivity index (χ3n) is 4.99. The summed E-state index contributed by atoms with van der Waals surface area (Å²) in [5.41, 5.74) is 1.34. The van der Waals surface area contributed by atoms with E-state index in [-0.39, 0.29) is 29.7 Å². The van der Waals surface area contributed by atoms with E-state index in [9.17, 15) is 9.59 Å². The van der Waals surface area contributed by atoms with E-state index in [1.165, 1.54) is 12.6 Å². The minimum atomic E-state index is -0.200. The molecule has 7 heteroatoms. The van der Waals surface area contributed by atoms with Crippen molar-refractivity contribution in [3.63, 3.8) is 0 Å². The molecule has 2 atom stereocenters. The lowest BCUT2D eigenvalue weighted by Crippen LogP contribution is -2.53. The number of nitrogens with zero attached hydrogens (tertiary/aromatic N) is 3. The fraction of sp³-hybridized carbons (Fsp3) is 0.300. The molecule has 1 N–H and O–H groups in total. The van der Waals surface area contributed by atoms with Crippen LogP contribution in [0.1, 0.15) is 40.7 Å². The molecule has 1 aliphatic rings. The molecule has 138 valence electrons. The maximum absolute atomic E-state index is 12.7. The largest absolute Gasteiger partial charge is 0.438 e. The summed E-state index contributed by atoms with van der Waals surface area (Å²) in [6, 6.07) is 9.27. The van der Waals surface area contributed by atoms with Gasteiger partial charge in [-0.25, -0.2) is 4.98 Å². The van der Waals surface area contributed by atoms with E-state index in [0.717, 1.165) is 23.7 Å². The van der Waals surface area contributed by atoms with Gasteiger partial charge in [-0.2, -0.15) is 0 Å². The van der Waals surface area contributed by atoms with Gasteiger partial charge in [0, 0.05) is 35.8 Å². The summed E-state index contributed by atoms with van der Waals surface area (Å²) in [6.07, 6.45) is 6.00. The van der Waals surface area contributed by atoms with Gasteiger partial charge in [-0.1, -0.05) is 12.1 Å². The lowest BCUT2D eigenvalue weighted by Gasteiger charge is -2.37. The van der Waals surface area contributed by atoms with Gasteiger partial charge in [-0.15, -0.1) is 0 Å². The molecular formula is C20H20N4O3. The van der Waals surface area contributed by atoms with E-state index in [1.54, 1.807) is 23.2 Å². The first-order valence-corrected chi connectivity index (χ1v) is 8.97. The van der Waals surface area contributed by atoms with Gasteiger partial charge in [-0.3, -0.25) is 14.6 Å². The second-order valence-electron chi connectivity index (χ2n) is 6.83. The number of likely N-dealkylation sites (tertiary alicyclic amines) is 1. The zero-order chi connectivity index (χ0) is 18.8. The lowest BCUT2D eigenvalue weighted by molar-refractivity contribution is 0.0546. The first-order valence-electron chi connectivity index (χ1n) is 8.97. The molecular weight excluding hydrogens is 344 g/mol. The van der Waals surface area contributed by atoms with Crippen LogP contribution in [0.25, 0.3) is 10.9 Å². The molecule has 0 aliphatic carbocycles. The van der Waals surface area contributed by atoms with E-state index >= 15 is 0 Å². The Morgan fingerprint density at radius 3 is 2.96 bits per heavy atom. The van der Waals surface area contributed by atoms with Crippen molar-refractivity contribution in [1.82, 2.24) is 20.2 Å². The number of carbonyl (C=O) groups excluding carboxylic acids is 2. The number of carbonyl (C=O) groups is 2. The van der Waals surface area contributed by atoms with Crippen molar-refractivity contribution in [1.29, 1.82) is 0 Å². The van der Waals surface area contributed by atoms with E-state index in [2.05, 4.69) is 15.3 Å². The van der Waals surface area contributed by atoms with Gasteiger partial charge >= 0.3 is 0 Å². The first-order chi connectivity index (χ1) is 13.1. The zero-order valence-corrected chi connectivity index (χ0v) is 15.0. The topological polar surface area (TPSA) is 88.3 Å². The van der Waals surface area contributed by atoms with Crippen molar-refractivity contribution in [2.24, 2.45) is 0 Å². The fourth-order valence-electron chi connectivity index (χ4n) is 3.45. The summed E-state index contributed by atoms with van der Waals surface area (Å²) < 4.78 is 5.13. The van der Waals surface area contributed by atoms with Gasteiger partial charge < -0.3 is 14.6 Å². The maximum atomic E-state index is 12.7. The van der Waals surface area contributed by atoms with E-state index < -0.39 is 0 Å². The number of hydrogen-bond acceptors (Lipinski definition) is 5. The van der Waals surface area contributed by atoms with Gasteiger partial charge in [-0.05, 0) is 38.0 Å². The summed E-state index contributed by atoms with van der Waals surface area (Å²) in [7, 11) is 0. The third-order valence-corrected chi connectivity index (χ3v) is 4.99. The third kappa shape index (κ3) is 3.53. The Balaban J connectivity index is 1.46. The highest BCUT2D eigenvalue weighted by atomic mass is 16.3. The second-order valence-corrected chi connectivity index (χ2v) is 6.83. The van der Waals surface area contributed by atoms with Crippen LogP contribution in [0.5, 0.6) is 0 Å². The molecule has 3 aromatic rings. The van der Waals surface area contributed by atoms with Crippen LogP contribution in [0, 0.1) is 0 Å². The highest BCUT2D eigenvalue weighted by Gasteiger charge is 2.31. The Morgan fingerprint density at radius 2 is 2.15 bits per heavy atom. The molecule has 3 heterocycles. The van der Waals surface area contributed by atoms with E-state index in [4.69, 9.17) is 4.42 Å². The maximum Gasteiger partial charge on any atom is 0.291 e. The Morgan fingerprint density at radius 1 is 1.26 bits per heavy atom. The molecule has 7 nitrogen and oxygen atoms in total. The number of benzene rings is 1. The quantitative estimate of drug-likeness (QED) is 0.772. The minimum absolute atomic E-state index is 0.0839. The van der Waals surface area contributed by atoms with Crippen molar-refractivity contribution in [3.05, 3.63) is 60.4 Å². The number of hydrogen-bond donors (Lipinski definition) is 1. The first kappa shape index (κ1) is 17.2. The van der Waals surface area contributed by atoms with Crippen molar-refractivity contribution in [2.45, 2.75) is 31.8 Å². The molecule has 0 unspecified atom stereocenters. The van der Waals surface area contributed by atoms with Crippen molar-refractivity contribution < 1.29 is 14.0 Å². The smallest absolute Gasteiger partial charge is 0.291 e. The standard InChI is InChI=1S/C20H20N4O3/c1-13-4-7-16(11-24(13)20(26)18-10-21-12-27-18)23-19(25)15-6-5-14-3-2-8-22-17(14)9-15/h2-3,5-6,8-10,12-13,16H,4,7,11H2,1H3,(H,23,25)/t13-,16-/m1/s1. The van der Waals surface area contributed by atoms with Crippen molar-refractivity contribution >= 4 is 22.7 Å². The predicted octanol–water partition coefficient (Wildman–Crippen LogP) is 2.65. The number of piperidine rings is 1. The average molecular weight is 364 g/mol. The summed E-state index contributed by atoms with van der Waals surface area (Å²) >= 11 is 0. The Kier molecular flexibility index (Phi) is 4.58. The molecule has 1 aromatic carbocycles. The zero-order valence-electron chi connectivity index (χ0n) is 15.0. The highest BCUT2D eigenvalue weighted by molar-refractivity contribution is 5.98. The number of nitrogens with one attached hydrogen (secondary N) is 1. The molecule has 2 amide bonds. The van der Waals surface area contributed by atoms with Crippen LogP contribution >= 0.6 is 0 Å². The number of pyridine rings is 1. The monoisotopic (exact) mass is 364 g/mol. The fourth-order valence-corrected chi connectivity index (χ4v) is 3.45. The number of fused-ring (bicyclic) bond motifs is 1. The SMILES string of the molecule is C[C@@H]1CC[C@@H](NC(=O)c2ccc3cccnc3c2)CN1C(=O)c1cnco1. The van der Waals surface area contributed by atoms with Crippen LogP contribution < -0.4 is 5.32 Å². The van der Waals surface area contributed by atoms with Crippen LogP contribution in [-0.2, 0) is 0 Å². The molecule has 0 radical (unpaired) electrons. The highest BCUT2D eigenvalue weighted by Crippen LogP contribution is 2.20. The van der Waals surface area contributed by atoms with Gasteiger partial charge in [0.15, 0.2) is 6.39 Å². The summed E-state index contributed by atoms with van der Waals surface area (Å²) in [5.74, 6) is -0.141. The number of amides is 2. The Hall–Kier alpha value is -3.22. The van der Waals surface area contributed by atoms with Crippen LogP contribution in [-0.4, -0.2) is 45.3 Å². The van der Waals surface area contributed by atoms with Crippen molar-refractivity contribution in [2.75, 3.05) is 6.54 Å². The summed E-state index contributed by atoms with van der Waals surface area (Å²) in [4.78, 5) is 35.1. The normalized spacial score (nSPS) is 19.8. The average Bonchev–Trinajstić information content (AvgIpc) is 3.23. The number of rotatable bonds is 3. The molecule has 1 fully saturated rings. The van der Waals surface area contributed by atoms with Gasteiger partial charge in [0.1, 0.15) is 0 Å². The molecule has 2 aromatic heterocycles. The van der Waals surface area contributed by atoms with Crippen LogP contribution in [0.2, 0.25) is 0 Å². The Labute approximate surface area is 156 Å². The summed E-state index contributed by atoms with van der Waals surface area (Å²) in [6.45, 7) is 2.44. The molecule has 0 bridgehead atoms.